The normalized spacial score (nSPS) is 19.1. The molecule has 0 aromatic heterocycles. The molecule has 17 heavy (non-hydrogen) atoms. The summed E-state index contributed by atoms with van der Waals surface area (Å²) in [4.78, 5) is 34.0. The standard InChI is InChI=1S/C10H17N3O4/c11-8(14)5-12-10(17)13-4-3-7(6-13)1-2-9(15)16/h7H,1-6H2,(H2,11,14)(H,12,17)(H,15,16). The molecule has 1 aliphatic heterocycles. The van der Waals surface area contributed by atoms with Gasteiger partial charge in [-0.15, -0.1) is 0 Å². The van der Waals surface area contributed by atoms with E-state index < -0.39 is 11.9 Å². The second kappa shape index (κ2) is 6.07. The molecule has 96 valence electrons. The first-order valence-electron chi connectivity index (χ1n) is 5.52. The fourth-order valence-corrected chi connectivity index (χ4v) is 1.85. The van der Waals surface area contributed by atoms with Gasteiger partial charge in [0.15, 0.2) is 0 Å². The van der Waals surface area contributed by atoms with Crippen LogP contribution in [0.5, 0.6) is 0 Å². The van der Waals surface area contributed by atoms with Gasteiger partial charge in [0.2, 0.25) is 5.91 Å². The summed E-state index contributed by atoms with van der Waals surface area (Å²) in [6, 6.07) is -0.318. The number of hydrogen-bond acceptors (Lipinski definition) is 3. The highest BCUT2D eigenvalue weighted by Crippen LogP contribution is 2.20. The third kappa shape index (κ3) is 4.71. The van der Waals surface area contributed by atoms with E-state index in [1.54, 1.807) is 4.90 Å². The zero-order chi connectivity index (χ0) is 12.8. The lowest BCUT2D eigenvalue weighted by atomic mass is 10.0. The zero-order valence-electron chi connectivity index (χ0n) is 9.52. The van der Waals surface area contributed by atoms with E-state index >= 15 is 0 Å². The fourth-order valence-electron chi connectivity index (χ4n) is 1.85. The average molecular weight is 243 g/mol. The number of carbonyl (C=O) groups excluding carboxylic acids is 2. The van der Waals surface area contributed by atoms with Gasteiger partial charge in [-0.1, -0.05) is 0 Å². The highest BCUT2D eigenvalue weighted by atomic mass is 16.4. The summed E-state index contributed by atoms with van der Waals surface area (Å²) in [7, 11) is 0. The summed E-state index contributed by atoms with van der Waals surface area (Å²) >= 11 is 0. The Balaban J connectivity index is 2.26. The van der Waals surface area contributed by atoms with E-state index in [1.165, 1.54) is 0 Å². The molecule has 1 unspecified atom stereocenters. The van der Waals surface area contributed by atoms with Crippen molar-refractivity contribution >= 4 is 17.9 Å². The first-order valence-corrected chi connectivity index (χ1v) is 5.52. The van der Waals surface area contributed by atoms with E-state index in [4.69, 9.17) is 10.8 Å². The lowest BCUT2D eigenvalue weighted by Gasteiger charge is -2.16. The van der Waals surface area contributed by atoms with Gasteiger partial charge in [0.25, 0.3) is 0 Å². The third-order valence-corrected chi connectivity index (χ3v) is 2.75. The molecule has 0 radical (unpaired) electrons. The Morgan fingerprint density at radius 1 is 1.41 bits per heavy atom. The number of primary amides is 1. The Bertz CT molecular complexity index is 319. The van der Waals surface area contributed by atoms with Crippen LogP contribution in [-0.4, -0.2) is 47.5 Å². The average Bonchev–Trinajstić information content (AvgIpc) is 2.71. The number of amides is 3. The molecule has 0 saturated carbocycles. The molecule has 1 aliphatic rings. The number of carboxylic acids is 1. The number of aliphatic carboxylic acids is 1. The van der Waals surface area contributed by atoms with Crippen molar-refractivity contribution in [3.05, 3.63) is 0 Å². The van der Waals surface area contributed by atoms with Gasteiger partial charge in [-0.05, 0) is 18.8 Å². The number of rotatable bonds is 5. The maximum atomic E-state index is 11.5. The van der Waals surface area contributed by atoms with E-state index in [0.717, 1.165) is 6.42 Å². The predicted molar refractivity (Wildman–Crippen MR) is 59.1 cm³/mol. The zero-order valence-corrected chi connectivity index (χ0v) is 9.52. The van der Waals surface area contributed by atoms with Gasteiger partial charge in [-0.25, -0.2) is 4.79 Å². The molecular weight excluding hydrogens is 226 g/mol. The van der Waals surface area contributed by atoms with E-state index in [9.17, 15) is 14.4 Å². The van der Waals surface area contributed by atoms with Crippen molar-refractivity contribution in [3.8, 4) is 0 Å². The van der Waals surface area contributed by atoms with Crippen LogP contribution in [-0.2, 0) is 9.59 Å². The SMILES string of the molecule is NC(=O)CNC(=O)N1CCC(CCC(=O)O)C1. The van der Waals surface area contributed by atoms with Gasteiger partial charge in [-0.3, -0.25) is 9.59 Å². The molecule has 4 N–H and O–H groups in total. The molecule has 0 spiro atoms. The Kier molecular flexibility index (Phi) is 4.74. The van der Waals surface area contributed by atoms with Crippen molar-refractivity contribution in [1.82, 2.24) is 10.2 Å². The molecule has 0 aromatic carbocycles. The van der Waals surface area contributed by atoms with Gasteiger partial charge in [0, 0.05) is 19.5 Å². The van der Waals surface area contributed by atoms with Crippen LogP contribution in [0, 0.1) is 5.92 Å². The van der Waals surface area contributed by atoms with Crippen LogP contribution in [0.3, 0.4) is 0 Å². The molecular formula is C10H17N3O4. The number of nitrogens with zero attached hydrogens (tertiary/aromatic N) is 1. The summed E-state index contributed by atoms with van der Waals surface area (Å²) in [6.07, 6.45) is 1.51. The number of hydrogen-bond donors (Lipinski definition) is 3. The number of urea groups is 1. The van der Waals surface area contributed by atoms with Crippen LogP contribution in [0.15, 0.2) is 0 Å². The van der Waals surface area contributed by atoms with Crippen molar-refractivity contribution in [1.29, 1.82) is 0 Å². The minimum atomic E-state index is -0.818. The second-order valence-electron chi connectivity index (χ2n) is 4.16. The first kappa shape index (κ1) is 13.3. The fraction of sp³-hybridized carbons (Fsp3) is 0.700. The van der Waals surface area contributed by atoms with Gasteiger partial charge in [-0.2, -0.15) is 0 Å². The summed E-state index contributed by atoms with van der Waals surface area (Å²) < 4.78 is 0. The number of carboxylic acid groups (broad SMARTS) is 1. The maximum absolute atomic E-state index is 11.5. The smallest absolute Gasteiger partial charge is 0.317 e. The molecule has 1 heterocycles. The Morgan fingerprint density at radius 3 is 2.71 bits per heavy atom. The molecule has 7 heteroatoms. The highest BCUT2D eigenvalue weighted by molar-refractivity contribution is 5.82. The van der Waals surface area contributed by atoms with Crippen molar-refractivity contribution < 1.29 is 19.5 Å². The van der Waals surface area contributed by atoms with E-state index in [-0.39, 0.29) is 24.9 Å². The minimum absolute atomic E-state index is 0.126. The lowest BCUT2D eigenvalue weighted by molar-refractivity contribution is -0.137. The Hall–Kier alpha value is -1.79. The summed E-state index contributed by atoms with van der Waals surface area (Å²) in [6.45, 7) is 0.960. The van der Waals surface area contributed by atoms with E-state index in [1.807, 2.05) is 0 Å². The maximum Gasteiger partial charge on any atom is 0.317 e. The van der Waals surface area contributed by atoms with Gasteiger partial charge >= 0.3 is 12.0 Å². The van der Waals surface area contributed by atoms with Crippen molar-refractivity contribution in [2.75, 3.05) is 19.6 Å². The number of likely N-dealkylation sites (tertiary alicyclic amines) is 1. The van der Waals surface area contributed by atoms with Crippen LogP contribution in [0.25, 0.3) is 0 Å². The monoisotopic (exact) mass is 243 g/mol. The van der Waals surface area contributed by atoms with Crippen LogP contribution < -0.4 is 11.1 Å². The Labute approximate surface area is 98.9 Å². The quantitative estimate of drug-likeness (QED) is 0.596. The second-order valence-corrected chi connectivity index (χ2v) is 4.16. The van der Waals surface area contributed by atoms with E-state index in [2.05, 4.69) is 5.32 Å². The van der Waals surface area contributed by atoms with Crippen molar-refractivity contribution in [3.63, 3.8) is 0 Å². The lowest BCUT2D eigenvalue weighted by Crippen LogP contribution is -2.42. The predicted octanol–water partition coefficient (Wildman–Crippen LogP) is -0.632. The van der Waals surface area contributed by atoms with Gasteiger partial charge in [0.1, 0.15) is 0 Å². The van der Waals surface area contributed by atoms with Crippen LogP contribution in [0.1, 0.15) is 19.3 Å². The Morgan fingerprint density at radius 2 is 2.12 bits per heavy atom. The number of carbonyl (C=O) groups is 3. The molecule has 3 amide bonds. The van der Waals surface area contributed by atoms with Crippen LogP contribution in [0.2, 0.25) is 0 Å². The van der Waals surface area contributed by atoms with Crippen molar-refractivity contribution in [2.24, 2.45) is 11.7 Å². The molecule has 7 nitrogen and oxygen atoms in total. The first-order chi connectivity index (χ1) is 7.99. The minimum Gasteiger partial charge on any atom is -0.481 e. The highest BCUT2D eigenvalue weighted by Gasteiger charge is 2.26. The number of nitrogens with one attached hydrogen (secondary N) is 1. The largest absolute Gasteiger partial charge is 0.481 e. The molecule has 1 saturated heterocycles. The molecule has 1 fully saturated rings. The van der Waals surface area contributed by atoms with Crippen molar-refractivity contribution in [2.45, 2.75) is 19.3 Å². The molecule has 1 rings (SSSR count). The van der Waals surface area contributed by atoms with Crippen LogP contribution in [0.4, 0.5) is 4.79 Å². The van der Waals surface area contributed by atoms with Gasteiger partial charge < -0.3 is 21.1 Å². The molecule has 1 atom stereocenters. The summed E-state index contributed by atoms with van der Waals surface area (Å²) in [5.41, 5.74) is 4.91. The number of nitrogens with two attached hydrogens (primary N) is 1. The summed E-state index contributed by atoms with van der Waals surface area (Å²) in [5.74, 6) is -1.17. The topological polar surface area (TPSA) is 113 Å². The summed E-state index contributed by atoms with van der Waals surface area (Å²) in [5, 5.41) is 11.0. The molecule has 0 aromatic rings. The molecule has 0 aliphatic carbocycles. The third-order valence-electron chi connectivity index (χ3n) is 2.75. The van der Waals surface area contributed by atoms with Gasteiger partial charge in [0.05, 0.1) is 6.54 Å². The van der Waals surface area contributed by atoms with E-state index in [0.29, 0.717) is 19.5 Å². The van der Waals surface area contributed by atoms with Crippen LogP contribution >= 0.6 is 0 Å². The molecule has 0 bridgehead atoms.